The Morgan fingerprint density at radius 2 is 2.22 bits per heavy atom. The highest BCUT2D eigenvalue weighted by atomic mass is 16.2. The fourth-order valence-electron chi connectivity index (χ4n) is 0.526. The number of carbonyl (C=O) groups excluding carboxylic acids is 2. The van der Waals surface area contributed by atoms with Crippen molar-refractivity contribution in [2.75, 3.05) is 0 Å². The van der Waals surface area contributed by atoms with Crippen molar-refractivity contribution in [3.63, 3.8) is 0 Å². The molecule has 0 aromatic rings. The molecule has 1 aliphatic rings. The first-order valence-electron chi connectivity index (χ1n) is 2.35. The van der Waals surface area contributed by atoms with E-state index in [1.165, 1.54) is 0 Å². The molecular weight excluding hydrogens is 122 g/mol. The predicted molar refractivity (Wildman–Crippen MR) is 29.4 cm³/mol. The number of guanidine groups is 1. The Balaban J connectivity index is 2.79. The largest absolute Gasteiger partial charge is 0.369 e. The number of carbonyl (C=O) groups is 2. The molecular formula is C4H5N3O2. The van der Waals surface area contributed by atoms with E-state index in [9.17, 15) is 9.59 Å². The fraction of sp³-hybridized carbons (Fsp3) is 0.250. The topological polar surface area (TPSA) is 84.5 Å². The maximum atomic E-state index is 10.4. The third-order valence-electron chi connectivity index (χ3n) is 0.824. The van der Waals surface area contributed by atoms with Gasteiger partial charge in [0.25, 0.3) is 5.91 Å². The van der Waals surface area contributed by atoms with Gasteiger partial charge in [0.05, 0.1) is 0 Å². The Bertz CT molecular complexity index is 196. The van der Waals surface area contributed by atoms with Gasteiger partial charge in [0.15, 0.2) is 0 Å². The van der Waals surface area contributed by atoms with Crippen molar-refractivity contribution in [3.05, 3.63) is 0 Å². The van der Waals surface area contributed by atoms with Crippen LogP contribution in [0.3, 0.4) is 0 Å². The van der Waals surface area contributed by atoms with Gasteiger partial charge in [0, 0.05) is 0 Å². The van der Waals surface area contributed by atoms with E-state index in [1.54, 1.807) is 0 Å². The average Bonchev–Trinajstić information content (AvgIpc) is 1.59. The first-order valence-corrected chi connectivity index (χ1v) is 2.35. The summed E-state index contributed by atoms with van der Waals surface area (Å²) in [6, 6.07) is 0. The van der Waals surface area contributed by atoms with Gasteiger partial charge < -0.3 is 5.73 Å². The van der Waals surface area contributed by atoms with Gasteiger partial charge in [-0.05, 0) is 0 Å². The SMILES string of the molecule is NC1=NC(=O)CC(=O)N1. The summed E-state index contributed by atoms with van der Waals surface area (Å²) in [6.45, 7) is 0. The monoisotopic (exact) mass is 127 g/mol. The zero-order valence-electron chi connectivity index (χ0n) is 4.55. The van der Waals surface area contributed by atoms with E-state index in [0.29, 0.717) is 0 Å². The van der Waals surface area contributed by atoms with Crippen LogP contribution in [0.5, 0.6) is 0 Å². The van der Waals surface area contributed by atoms with E-state index < -0.39 is 11.8 Å². The predicted octanol–water partition coefficient (Wildman–Crippen LogP) is -1.65. The smallest absolute Gasteiger partial charge is 0.258 e. The van der Waals surface area contributed by atoms with E-state index in [1.807, 2.05) is 0 Å². The lowest BCUT2D eigenvalue weighted by Gasteiger charge is -2.06. The van der Waals surface area contributed by atoms with Crippen LogP contribution in [0.4, 0.5) is 0 Å². The van der Waals surface area contributed by atoms with Crippen LogP contribution < -0.4 is 11.1 Å². The van der Waals surface area contributed by atoms with Crippen molar-refractivity contribution in [3.8, 4) is 0 Å². The van der Waals surface area contributed by atoms with Gasteiger partial charge in [-0.15, -0.1) is 0 Å². The highest BCUT2D eigenvalue weighted by molar-refractivity contribution is 6.12. The van der Waals surface area contributed by atoms with Gasteiger partial charge in [-0.25, -0.2) is 0 Å². The lowest BCUT2D eigenvalue weighted by atomic mass is 10.3. The van der Waals surface area contributed by atoms with Crippen molar-refractivity contribution >= 4 is 17.8 Å². The molecule has 0 aliphatic carbocycles. The molecule has 0 aromatic carbocycles. The second-order valence-electron chi connectivity index (χ2n) is 1.62. The highest BCUT2D eigenvalue weighted by Crippen LogP contribution is 1.89. The number of hydrogen-bond acceptors (Lipinski definition) is 3. The van der Waals surface area contributed by atoms with Crippen LogP contribution >= 0.6 is 0 Å². The van der Waals surface area contributed by atoms with Gasteiger partial charge in [-0.2, -0.15) is 4.99 Å². The van der Waals surface area contributed by atoms with E-state index in [2.05, 4.69) is 10.3 Å². The minimum absolute atomic E-state index is 0.115. The number of nitrogens with two attached hydrogens (primary N) is 1. The molecule has 0 spiro atoms. The lowest BCUT2D eigenvalue weighted by molar-refractivity contribution is -0.127. The first-order chi connectivity index (χ1) is 4.18. The van der Waals surface area contributed by atoms with Crippen LogP contribution in [0.2, 0.25) is 0 Å². The standard InChI is InChI=1S/C4H5N3O2/c5-4-6-2(8)1-3(9)7-4/h1H2,(H3,5,6,7,8,9). The molecule has 0 saturated heterocycles. The molecule has 0 aromatic heterocycles. The number of hydrogen-bond donors (Lipinski definition) is 2. The normalized spacial score (nSPS) is 18.9. The van der Waals surface area contributed by atoms with Crippen LogP contribution in [0.25, 0.3) is 0 Å². The summed E-state index contributed by atoms with van der Waals surface area (Å²) in [7, 11) is 0. The Morgan fingerprint density at radius 1 is 1.56 bits per heavy atom. The Labute approximate surface area is 50.9 Å². The zero-order valence-corrected chi connectivity index (χ0v) is 4.55. The molecule has 1 aliphatic heterocycles. The van der Waals surface area contributed by atoms with Crippen molar-refractivity contribution in [1.29, 1.82) is 0 Å². The first kappa shape index (κ1) is 5.74. The Hall–Kier alpha value is -1.39. The number of nitrogens with one attached hydrogen (secondary N) is 1. The molecule has 0 radical (unpaired) electrons. The maximum absolute atomic E-state index is 10.4. The summed E-state index contributed by atoms with van der Waals surface area (Å²) in [5.41, 5.74) is 5.01. The Kier molecular flexibility index (Phi) is 1.18. The number of amides is 2. The number of aliphatic imine (C=N–C) groups is 1. The van der Waals surface area contributed by atoms with Gasteiger partial charge in [-0.1, -0.05) is 0 Å². The van der Waals surface area contributed by atoms with E-state index in [4.69, 9.17) is 5.73 Å². The quantitative estimate of drug-likeness (QED) is 0.382. The summed E-state index contributed by atoms with van der Waals surface area (Å²) in [5, 5.41) is 2.18. The summed E-state index contributed by atoms with van der Waals surface area (Å²) < 4.78 is 0. The molecule has 48 valence electrons. The molecule has 0 bridgehead atoms. The highest BCUT2D eigenvalue weighted by Gasteiger charge is 2.14. The van der Waals surface area contributed by atoms with Crippen LogP contribution in [-0.2, 0) is 9.59 Å². The summed E-state index contributed by atoms with van der Waals surface area (Å²) in [6.07, 6.45) is -0.194. The summed E-state index contributed by atoms with van der Waals surface area (Å²) in [4.78, 5) is 24.0. The molecule has 5 heteroatoms. The van der Waals surface area contributed by atoms with Crippen LogP contribution in [0, 0.1) is 0 Å². The number of rotatable bonds is 0. The van der Waals surface area contributed by atoms with Crippen molar-refractivity contribution in [2.45, 2.75) is 6.42 Å². The molecule has 9 heavy (non-hydrogen) atoms. The molecule has 0 unspecified atom stereocenters. The fourth-order valence-corrected chi connectivity index (χ4v) is 0.526. The maximum Gasteiger partial charge on any atom is 0.258 e. The van der Waals surface area contributed by atoms with Crippen LogP contribution in [0.15, 0.2) is 4.99 Å². The lowest BCUT2D eigenvalue weighted by Crippen LogP contribution is -2.41. The molecule has 5 nitrogen and oxygen atoms in total. The second kappa shape index (κ2) is 1.85. The van der Waals surface area contributed by atoms with E-state index in [0.717, 1.165) is 0 Å². The average molecular weight is 127 g/mol. The number of nitrogens with zero attached hydrogens (tertiary/aromatic N) is 1. The minimum Gasteiger partial charge on any atom is -0.369 e. The van der Waals surface area contributed by atoms with E-state index >= 15 is 0 Å². The molecule has 0 atom stereocenters. The van der Waals surface area contributed by atoms with Crippen molar-refractivity contribution in [1.82, 2.24) is 5.32 Å². The molecule has 2 amide bonds. The van der Waals surface area contributed by atoms with Gasteiger partial charge in [-0.3, -0.25) is 14.9 Å². The van der Waals surface area contributed by atoms with Crippen molar-refractivity contribution in [2.24, 2.45) is 10.7 Å². The molecule has 3 N–H and O–H groups in total. The third kappa shape index (κ3) is 1.25. The minimum atomic E-state index is -0.490. The molecule has 0 fully saturated rings. The van der Waals surface area contributed by atoms with Gasteiger partial charge >= 0.3 is 0 Å². The van der Waals surface area contributed by atoms with Crippen LogP contribution in [0.1, 0.15) is 6.42 Å². The van der Waals surface area contributed by atoms with Crippen molar-refractivity contribution < 1.29 is 9.59 Å². The third-order valence-corrected chi connectivity index (χ3v) is 0.824. The Morgan fingerprint density at radius 3 is 2.67 bits per heavy atom. The van der Waals surface area contributed by atoms with Crippen LogP contribution in [-0.4, -0.2) is 17.8 Å². The summed E-state index contributed by atoms with van der Waals surface area (Å²) in [5.74, 6) is -1.000. The van der Waals surface area contributed by atoms with Gasteiger partial charge in [0.1, 0.15) is 6.42 Å². The van der Waals surface area contributed by atoms with Gasteiger partial charge in [0.2, 0.25) is 11.9 Å². The van der Waals surface area contributed by atoms with E-state index in [-0.39, 0.29) is 12.4 Å². The molecule has 0 saturated carbocycles. The molecule has 1 rings (SSSR count). The summed E-state index contributed by atoms with van der Waals surface area (Å²) >= 11 is 0. The molecule has 1 heterocycles. The zero-order chi connectivity index (χ0) is 6.85. The second-order valence-corrected chi connectivity index (χ2v) is 1.62.